The van der Waals surface area contributed by atoms with Gasteiger partial charge in [0.05, 0.1) is 12.8 Å². The molecule has 1 aliphatic rings. The normalized spacial score (nSPS) is 15.9. The average Bonchev–Trinajstić information content (AvgIpc) is 3.00. The molecule has 0 heterocycles. The second-order valence-electron chi connectivity index (χ2n) is 5.51. The Labute approximate surface area is 130 Å². The van der Waals surface area contributed by atoms with Crippen LogP contribution in [0.15, 0.2) is 24.3 Å². The molecule has 0 aromatic heterocycles. The van der Waals surface area contributed by atoms with E-state index in [1.807, 2.05) is 6.07 Å². The van der Waals surface area contributed by atoms with Crippen LogP contribution in [0.5, 0.6) is 5.75 Å². The number of hydrogen-bond donors (Lipinski definition) is 3. The lowest BCUT2D eigenvalue weighted by Gasteiger charge is -2.18. The smallest absolute Gasteiger partial charge is 0.319 e. The Balaban J connectivity index is 1.84. The number of para-hydroxylation sites is 2. The summed E-state index contributed by atoms with van der Waals surface area (Å²) in [4.78, 5) is 24.0. The molecule has 0 saturated heterocycles. The first kappa shape index (κ1) is 16.1. The van der Waals surface area contributed by atoms with Crippen molar-refractivity contribution in [2.45, 2.75) is 44.7 Å². The number of methoxy groups -OCH3 is 1. The highest BCUT2D eigenvalue weighted by Gasteiger charge is 2.21. The topological polar surface area (TPSA) is 79.5 Å². The van der Waals surface area contributed by atoms with Gasteiger partial charge in [0.15, 0.2) is 0 Å². The van der Waals surface area contributed by atoms with E-state index >= 15 is 0 Å². The summed E-state index contributed by atoms with van der Waals surface area (Å²) in [6.45, 7) is 1.67. The molecule has 0 bridgehead atoms. The molecule has 22 heavy (non-hydrogen) atoms. The van der Waals surface area contributed by atoms with E-state index < -0.39 is 12.1 Å². The van der Waals surface area contributed by atoms with Gasteiger partial charge >= 0.3 is 6.03 Å². The van der Waals surface area contributed by atoms with E-state index in [2.05, 4.69) is 16.0 Å². The van der Waals surface area contributed by atoms with Crippen LogP contribution >= 0.6 is 0 Å². The zero-order chi connectivity index (χ0) is 15.9. The van der Waals surface area contributed by atoms with Gasteiger partial charge in [0.2, 0.25) is 5.91 Å². The van der Waals surface area contributed by atoms with Crippen molar-refractivity contribution in [3.63, 3.8) is 0 Å². The van der Waals surface area contributed by atoms with Crippen molar-refractivity contribution in [2.24, 2.45) is 0 Å². The molecule has 120 valence electrons. The Morgan fingerprint density at radius 1 is 1.23 bits per heavy atom. The van der Waals surface area contributed by atoms with Gasteiger partial charge < -0.3 is 20.7 Å². The van der Waals surface area contributed by atoms with E-state index in [9.17, 15) is 9.59 Å². The zero-order valence-electron chi connectivity index (χ0n) is 13.0. The fraction of sp³-hybridized carbons (Fsp3) is 0.500. The molecule has 6 heteroatoms. The molecule has 3 N–H and O–H groups in total. The summed E-state index contributed by atoms with van der Waals surface area (Å²) < 4.78 is 5.17. The second kappa shape index (κ2) is 7.68. The van der Waals surface area contributed by atoms with Gasteiger partial charge in [-0.1, -0.05) is 25.0 Å². The van der Waals surface area contributed by atoms with Gasteiger partial charge in [-0.3, -0.25) is 4.79 Å². The summed E-state index contributed by atoms with van der Waals surface area (Å²) in [5.74, 6) is 0.419. The molecule has 1 aromatic rings. The molecule has 6 nitrogen and oxygen atoms in total. The van der Waals surface area contributed by atoms with E-state index in [4.69, 9.17) is 4.74 Å². The molecular weight excluding hydrogens is 282 g/mol. The summed E-state index contributed by atoms with van der Waals surface area (Å²) in [5, 5.41) is 8.29. The van der Waals surface area contributed by atoms with Crippen molar-refractivity contribution >= 4 is 17.6 Å². The van der Waals surface area contributed by atoms with Crippen LogP contribution in [0, 0.1) is 0 Å². The molecule has 0 radical (unpaired) electrons. The maximum absolute atomic E-state index is 12.0. The van der Waals surface area contributed by atoms with Gasteiger partial charge in [-0.05, 0) is 31.9 Å². The molecule has 1 saturated carbocycles. The SMILES string of the molecule is COc1ccccc1NC(=O)NC(C)C(=O)NC1CCCC1. The summed E-state index contributed by atoms with van der Waals surface area (Å²) in [5.41, 5.74) is 0.561. The van der Waals surface area contributed by atoms with Gasteiger partial charge in [-0.15, -0.1) is 0 Å². The Morgan fingerprint density at radius 2 is 1.91 bits per heavy atom. The molecular formula is C16H23N3O3. The first-order chi connectivity index (χ1) is 10.6. The van der Waals surface area contributed by atoms with E-state index in [0.717, 1.165) is 25.7 Å². The fourth-order valence-electron chi connectivity index (χ4n) is 2.56. The third-order valence-corrected chi connectivity index (χ3v) is 3.80. The highest BCUT2D eigenvalue weighted by atomic mass is 16.5. The quantitative estimate of drug-likeness (QED) is 0.780. The summed E-state index contributed by atoms with van der Waals surface area (Å²) in [7, 11) is 1.54. The minimum atomic E-state index is -0.588. The summed E-state index contributed by atoms with van der Waals surface area (Å²) in [6.07, 6.45) is 4.35. The molecule has 0 spiro atoms. The van der Waals surface area contributed by atoms with Crippen LogP contribution < -0.4 is 20.7 Å². The minimum Gasteiger partial charge on any atom is -0.495 e. The van der Waals surface area contributed by atoms with Gasteiger partial charge in [0, 0.05) is 6.04 Å². The van der Waals surface area contributed by atoms with Crippen LogP contribution in [-0.2, 0) is 4.79 Å². The van der Waals surface area contributed by atoms with Gasteiger partial charge in [0.1, 0.15) is 11.8 Å². The van der Waals surface area contributed by atoms with E-state index in [-0.39, 0.29) is 11.9 Å². The lowest BCUT2D eigenvalue weighted by molar-refractivity contribution is -0.123. The standard InChI is InChI=1S/C16H23N3O3/c1-11(15(20)18-12-7-3-4-8-12)17-16(21)19-13-9-5-6-10-14(13)22-2/h5-6,9-12H,3-4,7-8H2,1-2H3,(H,18,20)(H2,17,19,21). The number of amides is 3. The van der Waals surface area contributed by atoms with E-state index in [1.54, 1.807) is 25.1 Å². The number of nitrogens with one attached hydrogen (secondary N) is 3. The lowest BCUT2D eigenvalue weighted by atomic mass is 10.2. The third kappa shape index (κ3) is 4.38. The first-order valence-electron chi connectivity index (χ1n) is 7.61. The molecule has 1 aromatic carbocycles. The number of urea groups is 1. The summed E-state index contributed by atoms with van der Waals surface area (Å²) >= 11 is 0. The number of carbonyl (C=O) groups is 2. The Hall–Kier alpha value is -2.24. The van der Waals surface area contributed by atoms with E-state index in [0.29, 0.717) is 11.4 Å². The van der Waals surface area contributed by atoms with Crippen molar-refractivity contribution in [1.82, 2.24) is 10.6 Å². The molecule has 1 atom stereocenters. The van der Waals surface area contributed by atoms with Crippen LogP contribution in [-0.4, -0.2) is 31.1 Å². The largest absolute Gasteiger partial charge is 0.495 e. The van der Waals surface area contributed by atoms with Crippen LogP contribution in [0.1, 0.15) is 32.6 Å². The van der Waals surface area contributed by atoms with Gasteiger partial charge in [0.25, 0.3) is 0 Å². The third-order valence-electron chi connectivity index (χ3n) is 3.80. The van der Waals surface area contributed by atoms with Crippen molar-refractivity contribution in [1.29, 1.82) is 0 Å². The van der Waals surface area contributed by atoms with Gasteiger partial charge in [-0.2, -0.15) is 0 Å². The predicted octanol–water partition coefficient (Wildman–Crippen LogP) is 2.26. The van der Waals surface area contributed by atoms with Crippen LogP contribution in [0.3, 0.4) is 0 Å². The maximum Gasteiger partial charge on any atom is 0.319 e. The highest BCUT2D eigenvalue weighted by molar-refractivity contribution is 5.94. The number of anilines is 1. The number of carbonyl (C=O) groups excluding carboxylic acids is 2. The zero-order valence-corrected chi connectivity index (χ0v) is 13.0. The Bertz CT molecular complexity index is 527. The number of ether oxygens (including phenoxy) is 1. The molecule has 1 aliphatic carbocycles. The average molecular weight is 305 g/mol. The molecule has 2 rings (SSSR count). The number of rotatable bonds is 5. The molecule has 1 unspecified atom stereocenters. The predicted molar refractivity (Wildman–Crippen MR) is 85.0 cm³/mol. The highest BCUT2D eigenvalue weighted by Crippen LogP contribution is 2.22. The lowest BCUT2D eigenvalue weighted by Crippen LogP contribution is -2.48. The minimum absolute atomic E-state index is 0.151. The van der Waals surface area contributed by atoms with Crippen LogP contribution in [0.2, 0.25) is 0 Å². The van der Waals surface area contributed by atoms with Crippen molar-refractivity contribution in [2.75, 3.05) is 12.4 Å². The summed E-state index contributed by atoms with van der Waals surface area (Å²) in [6, 6.07) is 6.34. The molecule has 0 aliphatic heterocycles. The monoisotopic (exact) mass is 305 g/mol. The van der Waals surface area contributed by atoms with Crippen LogP contribution in [0.4, 0.5) is 10.5 Å². The van der Waals surface area contributed by atoms with Crippen molar-refractivity contribution in [3.8, 4) is 5.75 Å². The number of benzene rings is 1. The maximum atomic E-state index is 12.0. The molecule has 1 fully saturated rings. The van der Waals surface area contributed by atoms with Gasteiger partial charge in [-0.25, -0.2) is 4.79 Å². The number of hydrogen-bond acceptors (Lipinski definition) is 3. The van der Waals surface area contributed by atoms with E-state index in [1.165, 1.54) is 7.11 Å². The Morgan fingerprint density at radius 3 is 2.59 bits per heavy atom. The van der Waals surface area contributed by atoms with Crippen molar-refractivity contribution in [3.05, 3.63) is 24.3 Å². The van der Waals surface area contributed by atoms with Crippen LogP contribution in [0.25, 0.3) is 0 Å². The Kier molecular flexibility index (Phi) is 5.63. The second-order valence-corrected chi connectivity index (χ2v) is 5.51. The van der Waals surface area contributed by atoms with Crippen molar-refractivity contribution < 1.29 is 14.3 Å². The molecule has 3 amide bonds. The fourth-order valence-corrected chi connectivity index (χ4v) is 2.56. The first-order valence-corrected chi connectivity index (χ1v) is 7.61.